The van der Waals surface area contributed by atoms with E-state index in [4.69, 9.17) is 4.74 Å². The minimum Gasteiger partial charge on any atom is -0.465 e. The molecule has 13 heteroatoms. The summed E-state index contributed by atoms with van der Waals surface area (Å²) in [4.78, 5) is 52.7. The second kappa shape index (κ2) is 9.30. The number of aliphatic imine (C=N–C) groups is 1. The molecule has 0 fully saturated rings. The molecular formula is C18H16F3N3O5S2. The van der Waals surface area contributed by atoms with E-state index >= 15 is 0 Å². The zero-order valence-corrected chi connectivity index (χ0v) is 17.6. The van der Waals surface area contributed by atoms with Gasteiger partial charge in [-0.3, -0.25) is 24.1 Å². The van der Waals surface area contributed by atoms with E-state index < -0.39 is 53.3 Å². The number of esters is 1. The van der Waals surface area contributed by atoms with Gasteiger partial charge in [-0.15, -0.1) is 0 Å². The third-order valence-electron chi connectivity index (χ3n) is 4.24. The highest BCUT2D eigenvalue weighted by Gasteiger charge is 2.49. The second-order valence-electron chi connectivity index (χ2n) is 6.35. The highest BCUT2D eigenvalue weighted by atomic mass is 32.2. The summed E-state index contributed by atoms with van der Waals surface area (Å²) < 4.78 is 46.0. The van der Waals surface area contributed by atoms with Crippen molar-refractivity contribution in [1.82, 2.24) is 0 Å². The number of nitrogens with zero attached hydrogens (tertiary/aromatic N) is 2. The fourth-order valence-electron chi connectivity index (χ4n) is 2.95. The topological polar surface area (TPSA) is 105 Å². The van der Waals surface area contributed by atoms with Gasteiger partial charge in [-0.25, -0.2) is 0 Å². The Morgan fingerprint density at radius 1 is 1.32 bits per heavy atom. The maximum atomic E-state index is 13.7. The van der Waals surface area contributed by atoms with Crippen LogP contribution in [0.15, 0.2) is 29.3 Å². The standard InChI is InChI=1S/C18H16F3N3O5S2/c1-2-29-16(28)14-15(27)23-17(31-14)30-8-13(26)24-10-6-4-3-5-9(10)22-12(25)7-11(24)18(19,20)21/h3-6,11,14H,2,7-8H2,1H3,(H,22,25)/t11-,14+/m1/s1. The molecule has 2 atom stereocenters. The maximum absolute atomic E-state index is 13.7. The maximum Gasteiger partial charge on any atom is 0.409 e. The molecule has 1 aromatic rings. The molecular weight excluding hydrogens is 459 g/mol. The molecule has 0 aliphatic carbocycles. The second-order valence-corrected chi connectivity index (χ2v) is 8.66. The Balaban J connectivity index is 1.79. The van der Waals surface area contributed by atoms with E-state index in [-0.39, 0.29) is 22.4 Å². The number of alkyl halides is 3. The van der Waals surface area contributed by atoms with Gasteiger partial charge in [0.25, 0.3) is 5.91 Å². The zero-order chi connectivity index (χ0) is 22.8. The highest BCUT2D eigenvalue weighted by molar-refractivity contribution is 8.40. The molecule has 166 valence electrons. The number of nitrogens with one attached hydrogen (secondary N) is 1. The predicted molar refractivity (Wildman–Crippen MR) is 110 cm³/mol. The molecule has 0 spiro atoms. The zero-order valence-electron chi connectivity index (χ0n) is 16.0. The largest absolute Gasteiger partial charge is 0.465 e. The molecule has 0 saturated heterocycles. The number of halogens is 3. The lowest BCUT2D eigenvalue weighted by Gasteiger charge is -2.31. The van der Waals surface area contributed by atoms with E-state index in [9.17, 15) is 32.3 Å². The van der Waals surface area contributed by atoms with Crippen molar-refractivity contribution in [3.8, 4) is 0 Å². The Bertz CT molecular complexity index is 954. The van der Waals surface area contributed by atoms with Crippen LogP contribution < -0.4 is 10.2 Å². The summed E-state index contributed by atoms with van der Waals surface area (Å²) in [5.41, 5.74) is 0.00509. The van der Waals surface area contributed by atoms with Gasteiger partial charge in [-0.1, -0.05) is 35.7 Å². The molecule has 1 aromatic carbocycles. The molecule has 31 heavy (non-hydrogen) atoms. The van der Waals surface area contributed by atoms with Crippen LogP contribution in [0.1, 0.15) is 13.3 Å². The first-order valence-electron chi connectivity index (χ1n) is 8.98. The first-order valence-corrected chi connectivity index (χ1v) is 10.8. The summed E-state index contributed by atoms with van der Waals surface area (Å²) in [5.74, 6) is -3.79. The van der Waals surface area contributed by atoms with Crippen molar-refractivity contribution < 1.29 is 37.1 Å². The van der Waals surface area contributed by atoms with Crippen LogP contribution in [0.25, 0.3) is 0 Å². The number of amides is 3. The SMILES string of the molecule is CCOC(=O)[C@H]1SC(SCC(=O)N2c3ccccc3NC(=O)C[C@@H]2C(F)(F)F)=NC1=O. The van der Waals surface area contributed by atoms with E-state index in [1.165, 1.54) is 24.3 Å². The molecule has 0 radical (unpaired) electrons. The average molecular weight is 475 g/mol. The number of hydrogen-bond donors (Lipinski definition) is 1. The van der Waals surface area contributed by atoms with Crippen LogP contribution in [0.4, 0.5) is 24.5 Å². The smallest absolute Gasteiger partial charge is 0.409 e. The van der Waals surface area contributed by atoms with Crippen LogP contribution in [0.5, 0.6) is 0 Å². The number of thioether (sulfide) groups is 2. The molecule has 1 N–H and O–H groups in total. The summed E-state index contributed by atoms with van der Waals surface area (Å²) in [6, 6.07) is 3.34. The molecule has 8 nitrogen and oxygen atoms in total. The van der Waals surface area contributed by atoms with E-state index in [2.05, 4.69) is 10.3 Å². The lowest BCUT2D eigenvalue weighted by molar-refractivity contribution is -0.157. The summed E-state index contributed by atoms with van der Waals surface area (Å²) in [6.45, 7) is 1.65. The first kappa shape index (κ1) is 23.1. The molecule has 0 bridgehead atoms. The third-order valence-corrected chi connectivity index (χ3v) is 6.53. The number of benzene rings is 1. The summed E-state index contributed by atoms with van der Waals surface area (Å²) in [5, 5.41) is 1.19. The van der Waals surface area contributed by atoms with E-state index in [1.54, 1.807) is 6.92 Å². The van der Waals surface area contributed by atoms with Crippen LogP contribution in [0, 0.1) is 0 Å². The Kier molecular flexibility index (Phi) is 6.94. The van der Waals surface area contributed by atoms with Crippen molar-refractivity contribution in [1.29, 1.82) is 0 Å². The number of fused-ring (bicyclic) bond motifs is 1. The fraction of sp³-hybridized carbons (Fsp3) is 0.389. The molecule has 2 aliphatic rings. The monoisotopic (exact) mass is 475 g/mol. The van der Waals surface area contributed by atoms with Gasteiger partial charge in [0.15, 0.2) is 5.25 Å². The number of carbonyl (C=O) groups excluding carboxylic acids is 4. The van der Waals surface area contributed by atoms with Crippen molar-refractivity contribution in [3.05, 3.63) is 24.3 Å². The summed E-state index contributed by atoms with van der Waals surface area (Å²) in [7, 11) is 0. The Morgan fingerprint density at radius 3 is 2.71 bits per heavy atom. The van der Waals surface area contributed by atoms with Gasteiger partial charge < -0.3 is 10.1 Å². The van der Waals surface area contributed by atoms with Crippen molar-refractivity contribution in [2.24, 2.45) is 4.99 Å². The molecule has 2 aliphatic heterocycles. The Hall–Kier alpha value is -2.54. The van der Waals surface area contributed by atoms with Crippen molar-refractivity contribution in [2.45, 2.75) is 30.8 Å². The van der Waals surface area contributed by atoms with Crippen LogP contribution in [0.3, 0.4) is 0 Å². The van der Waals surface area contributed by atoms with Crippen molar-refractivity contribution in [2.75, 3.05) is 22.6 Å². The van der Waals surface area contributed by atoms with Gasteiger partial charge in [-0.2, -0.15) is 18.2 Å². The molecule has 2 heterocycles. The van der Waals surface area contributed by atoms with E-state index in [1.807, 2.05) is 0 Å². The normalized spacial score (nSPS) is 21.2. The molecule has 0 aromatic heterocycles. The third kappa shape index (κ3) is 5.21. The highest BCUT2D eigenvalue weighted by Crippen LogP contribution is 2.38. The van der Waals surface area contributed by atoms with Gasteiger partial charge in [0.05, 0.1) is 30.2 Å². The van der Waals surface area contributed by atoms with Gasteiger partial charge in [0.2, 0.25) is 11.8 Å². The number of hydrogen-bond acceptors (Lipinski definition) is 7. The van der Waals surface area contributed by atoms with Crippen LogP contribution in [-0.4, -0.2) is 57.9 Å². The quantitative estimate of drug-likeness (QED) is 0.527. The molecule has 3 rings (SSSR count). The lowest BCUT2D eigenvalue weighted by atomic mass is 10.1. The molecule has 0 saturated carbocycles. The van der Waals surface area contributed by atoms with Crippen LogP contribution in [-0.2, 0) is 23.9 Å². The number of rotatable bonds is 4. The molecule has 3 amide bonds. The summed E-state index contributed by atoms with van der Waals surface area (Å²) >= 11 is 1.53. The van der Waals surface area contributed by atoms with Crippen molar-refractivity contribution >= 4 is 63.0 Å². The summed E-state index contributed by atoms with van der Waals surface area (Å²) in [6.07, 6.45) is -5.80. The van der Waals surface area contributed by atoms with Gasteiger partial charge in [0.1, 0.15) is 10.4 Å². The lowest BCUT2D eigenvalue weighted by Crippen LogP contribution is -2.50. The fourth-order valence-corrected chi connectivity index (χ4v) is 4.89. The van der Waals surface area contributed by atoms with E-state index in [0.29, 0.717) is 4.90 Å². The Morgan fingerprint density at radius 2 is 2.03 bits per heavy atom. The average Bonchev–Trinajstić information content (AvgIpc) is 2.98. The van der Waals surface area contributed by atoms with Crippen LogP contribution in [0.2, 0.25) is 0 Å². The number of ether oxygens (including phenoxy) is 1. The number of para-hydroxylation sites is 2. The minimum absolute atomic E-state index is 0.0735. The van der Waals surface area contributed by atoms with Crippen molar-refractivity contribution in [3.63, 3.8) is 0 Å². The van der Waals surface area contributed by atoms with E-state index in [0.717, 1.165) is 23.5 Å². The minimum atomic E-state index is -4.85. The molecule has 0 unspecified atom stereocenters. The van der Waals surface area contributed by atoms with Gasteiger partial charge in [0, 0.05) is 0 Å². The van der Waals surface area contributed by atoms with Gasteiger partial charge in [-0.05, 0) is 19.1 Å². The predicted octanol–water partition coefficient (Wildman–Crippen LogP) is 2.59. The number of anilines is 2. The van der Waals surface area contributed by atoms with Crippen LogP contribution >= 0.6 is 23.5 Å². The first-order chi connectivity index (χ1) is 14.6. The Labute approximate surface area is 183 Å². The van der Waals surface area contributed by atoms with Gasteiger partial charge >= 0.3 is 12.1 Å². The number of carbonyl (C=O) groups is 4.